The van der Waals surface area contributed by atoms with Crippen molar-refractivity contribution >= 4 is 45.8 Å². The number of carbonyl (C=O) groups is 1. The summed E-state index contributed by atoms with van der Waals surface area (Å²) in [5, 5.41) is 11.3. The van der Waals surface area contributed by atoms with Crippen LogP contribution in [0.3, 0.4) is 0 Å². The van der Waals surface area contributed by atoms with Crippen LogP contribution >= 0.6 is 22.9 Å². The van der Waals surface area contributed by atoms with Crippen LogP contribution < -0.4 is 5.32 Å². The van der Waals surface area contributed by atoms with Gasteiger partial charge in [0, 0.05) is 10.9 Å². The number of nitrogens with one attached hydrogen (secondary N) is 1. The zero-order chi connectivity index (χ0) is 20.5. The van der Waals surface area contributed by atoms with Crippen LogP contribution in [0.2, 0.25) is 4.34 Å². The number of amides is 1. The summed E-state index contributed by atoms with van der Waals surface area (Å²) >= 11 is 7.27. The quantitative estimate of drug-likeness (QED) is 0.381. The standard InChI is InChI=1S/C22H13ClN4O2S/c23-19-11-10-18(30-19)21-26-27-22(29-21)25-20(28)15-12-17(13-6-2-1-3-7-13)24-16-9-5-4-8-14(15)16/h1-12H,(H,25,27,28). The third-order valence-corrected chi connectivity index (χ3v) is 5.68. The van der Waals surface area contributed by atoms with E-state index in [0.717, 1.165) is 21.3 Å². The molecule has 0 bridgehead atoms. The molecule has 6 nitrogen and oxygen atoms in total. The predicted molar refractivity (Wildman–Crippen MR) is 118 cm³/mol. The van der Waals surface area contributed by atoms with Crippen molar-refractivity contribution in [2.45, 2.75) is 0 Å². The van der Waals surface area contributed by atoms with Gasteiger partial charge in [0.15, 0.2) is 0 Å². The predicted octanol–water partition coefficient (Wildman–Crippen LogP) is 5.92. The molecule has 0 radical (unpaired) electrons. The van der Waals surface area contributed by atoms with E-state index in [2.05, 4.69) is 15.5 Å². The highest BCUT2D eigenvalue weighted by Gasteiger charge is 2.17. The molecular weight excluding hydrogens is 420 g/mol. The number of rotatable bonds is 4. The summed E-state index contributed by atoms with van der Waals surface area (Å²) in [6.07, 6.45) is 0. The number of pyridine rings is 1. The fourth-order valence-electron chi connectivity index (χ4n) is 3.09. The van der Waals surface area contributed by atoms with Crippen molar-refractivity contribution in [1.82, 2.24) is 15.2 Å². The van der Waals surface area contributed by atoms with Gasteiger partial charge >= 0.3 is 6.01 Å². The minimum Gasteiger partial charge on any atom is -0.402 e. The number of hydrogen-bond donors (Lipinski definition) is 1. The minimum absolute atomic E-state index is 0.0154. The van der Waals surface area contributed by atoms with Crippen LogP contribution in [-0.2, 0) is 0 Å². The highest BCUT2D eigenvalue weighted by Crippen LogP contribution is 2.31. The lowest BCUT2D eigenvalue weighted by Crippen LogP contribution is -2.13. The molecule has 0 saturated carbocycles. The molecule has 5 aromatic rings. The van der Waals surface area contributed by atoms with Crippen molar-refractivity contribution in [3.8, 4) is 22.0 Å². The van der Waals surface area contributed by atoms with E-state index >= 15 is 0 Å². The van der Waals surface area contributed by atoms with Crippen molar-refractivity contribution < 1.29 is 9.21 Å². The first kappa shape index (κ1) is 18.5. The van der Waals surface area contributed by atoms with E-state index in [1.54, 1.807) is 18.2 Å². The molecule has 146 valence electrons. The Hall–Kier alpha value is -3.55. The van der Waals surface area contributed by atoms with Crippen molar-refractivity contribution in [3.05, 3.63) is 82.7 Å². The monoisotopic (exact) mass is 432 g/mol. The highest BCUT2D eigenvalue weighted by atomic mass is 35.5. The zero-order valence-corrected chi connectivity index (χ0v) is 16.9. The molecule has 0 aliphatic rings. The lowest BCUT2D eigenvalue weighted by molar-refractivity contribution is 0.102. The second-order valence-corrected chi connectivity index (χ2v) is 8.12. The van der Waals surface area contributed by atoms with E-state index < -0.39 is 0 Å². The summed E-state index contributed by atoms with van der Waals surface area (Å²) in [5.41, 5.74) is 2.83. The smallest absolute Gasteiger partial charge is 0.322 e. The molecule has 0 aliphatic heterocycles. The number of anilines is 1. The maximum atomic E-state index is 13.1. The van der Waals surface area contributed by atoms with Gasteiger partial charge in [-0.3, -0.25) is 10.1 Å². The summed E-state index contributed by atoms with van der Waals surface area (Å²) in [4.78, 5) is 18.5. The lowest BCUT2D eigenvalue weighted by Gasteiger charge is -2.09. The maximum Gasteiger partial charge on any atom is 0.322 e. The van der Waals surface area contributed by atoms with E-state index in [1.807, 2.05) is 54.6 Å². The Morgan fingerprint density at radius 1 is 0.967 bits per heavy atom. The average molecular weight is 433 g/mol. The molecular formula is C22H13ClN4O2S. The fraction of sp³-hybridized carbons (Fsp3) is 0. The zero-order valence-electron chi connectivity index (χ0n) is 15.4. The molecule has 30 heavy (non-hydrogen) atoms. The van der Waals surface area contributed by atoms with Crippen LogP contribution in [0.25, 0.3) is 32.9 Å². The molecule has 3 aromatic heterocycles. The van der Waals surface area contributed by atoms with E-state index in [-0.39, 0.29) is 11.9 Å². The van der Waals surface area contributed by atoms with Gasteiger partial charge in [-0.25, -0.2) is 4.98 Å². The van der Waals surface area contributed by atoms with Crippen molar-refractivity contribution in [2.75, 3.05) is 5.32 Å². The number of nitrogens with zero attached hydrogens (tertiary/aromatic N) is 3. The number of carbonyl (C=O) groups excluding carboxylic acids is 1. The van der Waals surface area contributed by atoms with E-state index in [1.165, 1.54) is 11.3 Å². The molecule has 0 atom stereocenters. The topological polar surface area (TPSA) is 80.9 Å². The van der Waals surface area contributed by atoms with Gasteiger partial charge < -0.3 is 4.42 Å². The summed E-state index contributed by atoms with van der Waals surface area (Å²) in [7, 11) is 0. The van der Waals surface area contributed by atoms with Crippen LogP contribution in [0.5, 0.6) is 0 Å². The SMILES string of the molecule is O=C(Nc1nnc(-c2ccc(Cl)s2)o1)c1cc(-c2ccccc2)nc2ccccc12. The van der Waals surface area contributed by atoms with Gasteiger partial charge in [-0.15, -0.1) is 16.4 Å². The van der Waals surface area contributed by atoms with Crippen LogP contribution in [0.15, 0.2) is 77.2 Å². The van der Waals surface area contributed by atoms with Crippen LogP contribution in [0.4, 0.5) is 6.01 Å². The summed E-state index contributed by atoms with van der Waals surface area (Å²) in [5.74, 6) is -0.0584. The lowest BCUT2D eigenvalue weighted by atomic mass is 10.0. The summed E-state index contributed by atoms with van der Waals surface area (Å²) in [6.45, 7) is 0. The van der Waals surface area contributed by atoms with Crippen LogP contribution in [0, 0.1) is 0 Å². The number of benzene rings is 2. The summed E-state index contributed by atoms with van der Waals surface area (Å²) < 4.78 is 6.20. The van der Waals surface area contributed by atoms with Gasteiger partial charge in [0.25, 0.3) is 11.8 Å². The molecule has 0 fully saturated rings. The third-order valence-electron chi connectivity index (χ3n) is 4.46. The van der Waals surface area contributed by atoms with Gasteiger partial charge in [-0.1, -0.05) is 65.2 Å². The highest BCUT2D eigenvalue weighted by molar-refractivity contribution is 7.19. The normalized spacial score (nSPS) is 11.0. The molecule has 0 aliphatic carbocycles. The second-order valence-electron chi connectivity index (χ2n) is 6.41. The molecule has 0 spiro atoms. The molecule has 8 heteroatoms. The molecule has 0 saturated heterocycles. The third kappa shape index (κ3) is 3.56. The Kier molecular flexibility index (Phi) is 4.74. The molecule has 1 N–H and O–H groups in total. The van der Waals surface area contributed by atoms with Gasteiger partial charge in [-0.2, -0.15) is 0 Å². The Labute approximate surface area is 180 Å². The van der Waals surface area contributed by atoms with Gasteiger partial charge in [0.05, 0.1) is 26.0 Å². The molecule has 1 amide bonds. The number of fused-ring (bicyclic) bond motifs is 1. The maximum absolute atomic E-state index is 13.1. The molecule has 2 aromatic carbocycles. The average Bonchev–Trinajstić information content (AvgIpc) is 3.42. The Bertz CT molecular complexity index is 1360. The van der Waals surface area contributed by atoms with E-state index in [4.69, 9.17) is 21.0 Å². The van der Waals surface area contributed by atoms with Gasteiger partial charge in [0.1, 0.15) is 0 Å². The van der Waals surface area contributed by atoms with Crippen molar-refractivity contribution in [3.63, 3.8) is 0 Å². The molecule has 0 unspecified atom stereocenters. The largest absolute Gasteiger partial charge is 0.402 e. The first-order valence-corrected chi connectivity index (χ1v) is 10.2. The molecule has 5 rings (SSSR count). The molecule has 3 heterocycles. The van der Waals surface area contributed by atoms with Crippen molar-refractivity contribution in [1.29, 1.82) is 0 Å². The number of thiophene rings is 1. The second kappa shape index (κ2) is 7.70. The Morgan fingerprint density at radius 2 is 1.77 bits per heavy atom. The number of halogens is 1. The minimum atomic E-state index is -0.356. The first-order chi connectivity index (χ1) is 14.7. The van der Waals surface area contributed by atoms with Crippen molar-refractivity contribution in [2.24, 2.45) is 0 Å². The Morgan fingerprint density at radius 3 is 2.57 bits per heavy atom. The number of aromatic nitrogens is 3. The number of hydrogen-bond acceptors (Lipinski definition) is 6. The van der Waals surface area contributed by atoms with Gasteiger partial charge in [-0.05, 0) is 24.3 Å². The van der Waals surface area contributed by atoms with Gasteiger partial charge in [0.2, 0.25) is 0 Å². The summed E-state index contributed by atoms with van der Waals surface area (Å²) in [6, 6.07) is 22.5. The fourth-order valence-corrected chi connectivity index (χ4v) is 4.05. The van der Waals surface area contributed by atoms with Crippen LogP contribution in [-0.4, -0.2) is 21.1 Å². The number of para-hydroxylation sites is 1. The van der Waals surface area contributed by atoms with E-state index in [0.29, 0.717) is 21.5 Å². The van der Waals surface area contributed by atoms with Crippen LogP contribution in [0.1, 0.15) is 10.4 Å². The Balaban J connectivity index is 1.51. The van der Waals surface area contributed by atoms with E-state index in [9.17, 15) is 4.79 Å². The first-order valence-electron chi connectivity index (χ1n) is 9.03.